The summed E-state index contributed by atoms with van der Waals surface area (Å²) in [6.07, 6.45) is 2.59. The summed E-state index contributed by atoms with van der Waals surface area (Å²) >= 11 is 0. The Morgan fingerprint density at radius 2 is 1.76 bits per heavy atom. The number of nitrogens with zero attached hydrogens (tertiary/aromatic N) is 1. The molecule has 1 fully saturated rings. The minimum Gasteiger partial charge on any atom is -0.497 e. The van der Waals surface area contributed by atoms with Gasteiger partial charge >= 0.3 is 0 Å². The summed E-state index contributed by atoms with van der Waals surface area (Å²) < 4.78 is 5.22. The van der Waals surface area contributed by atoms with E-state index in [1.165, 1.54) is 24.0 Å². The van der Waals surface area contributed by atoms with E-state index in [0.29, 0.717) is 6.04 Å². The number of methoxy groups -OCH3 is 1. The minimum atomic E-state index is 0.701. The van der Waals surface area contributed by atoms with Crippen LogP contribution in [0.4, 0.5) is 5.69 Å². The Bertz CT molecular complexity index is 590. The first-order chi connectivity index (χ1) is 10.3. The van der Waals surface area contributed by atoms with Gasteiger partial charge in [0.1, 0.15) is 5.75 Å². The fourth-order valence-corrected chi connectivity index (χ4v) is 2.62. The van der Waals surface area contributed by atoms with E-state index in [1.807, 2.05) is 24.3 Å². The summed E-state index contributed by atoms with van der Waals surface area (Å²) in [5.41, 5.74) is 9.50. The van der Waals surface area contributed by atoms with Gasteiger partial charge in [0.05, 0.1) is 7.11 Å². The Kier molecular flexibility index (Phi) is 4.11. The molecule has 110 valence electrons. The van der Waals surface area contributed by atoms with Crippen LogP contribution >= 0.6 is 0 Å². The van der Waals surface area contributed by atoms with Gasteiger partial charge < -0.3 is 10.5 Å². The number of anilines is 1. The fourth-order valence-electron chi connectivity index (χ4n) is 2.62. The van der Waals surface area contributed by atoms with Crippen molar-refractivity contribution >= 4 is 5.69 Å². The average molecular weight is 282 g/mol. The number of nitrogens with two attached hydrogens (primary N) is 1. The van der Waals surface area contributed by atoms with Crippen LogP contribution in [0.25, 0.3) is 0 Å². The van der Waals surface area contributed by atoms with Crippen molar-refractivity contribution in [1.29, 1.82) is 0 Å². The number of rotatable bonds is 6. The Morgan fingerprint density at radius 1 is 1.05 bits per heavy atom. The van der Waals surface area contributed by atoms with Crippen LogP contribution in [0.15, 0.2) is 48.5 Å². The van der Waals surface area contributed by atoms with Gasteiger partial charge in [-0.15, -0.1) is 0 Å². The molecule has 0 aliphatic heterocycles. The van der Waals surface area contributed by atoms with Gasteiger partial charge in [0.15, 0.2) is 0 Å². The van der Waals surface area contributed by atoms with Crippen LogP contribution in [0.1, 0.15) is 24.0 Å². The first-order valence-corrected chi connectivity index (χ1v) is 7.46. The second kappa shape index (κ2) is 6.19. The van der Waals surface area contributed by atoms with Crippen molar-refractivity contribution in [1.82, 2.24) is 4.90 Å². The Morgan fingerprint density at radius 3 is 2.38 bits per heavy atom. The normalized spacial score (nSPS) is 14.4. The standard InChI is InChI=1S/C18H22N2O/c1-21-17-10-6-14(7-11-17)12-20(16-8-9-16)13-15-4-2-3-5-18(15)19/h2-7,10-11,16H,8-9,12-13,19H2,1H3. The molecule has 0 unspecified atom stereocenters. The third-order valence-electron chi connectivity index (χ3n) is 4.04. The zero-order valence-electron chi connectivity index (χ0n) is 12.5. The van der Waals surface area contributed by atoms with E-state index < -0.39 is 0 Å². The molecule has 0 spiro atoms. The van der Waals surface area contributed by atoms with Crippen molar-refractivity contribution in [2.75, 3.05) is 12.8 Å². The lowest BCUT2D eigenvalue weighted by atomic mass is 10.1. The second-order valence-corrected chi connectivity index (χ2v) is 5.68. The average Bonchev–Trinajstić information content (AvgIpc) is 3.34. The maximum absolute atomic E-state index is 6.08. The molecule has 0 heterocycles. The van der Waals surface area contributed by atoms with Crippen molar-refractivity contribution in [2.45, 2.75) is 32.0 Å². The number of nitrogen functional groups attached to an aromatic ring is 1. The maximum atomic E-state index is 6.08. The summed E-state index contributed by atoms with van der Waals surface area (Å²) in [6, 6.07) is 17.2. The van der Waals surface area contributed by atoms with Crippen molar-refractivity contribution in [2.24, 2.45) is 0 Å². The molecular weight excluding hydrogens is 260 g/mol. The van der Waals surface area contributed by atoms with Gasteiger partial charge in [-0.3, -0.25) is 4.90 Å². The van der Waals surface area contributed by atoms with Gasteiger partial charge in [0.25, 0.3) is 0 Å². The molecule has 0 amide bonds. The number of hydrogen-bond acceptors (Lipinski definition) is 3. The van der Waals surface area contributed by atoms with Crippen LogP contribution < -0.4 is 10.5 Å². The predicted octanol–water partition coefficient (Wildman–Crippen LogP) is 3.44. The van der Waals surface area contributed by atoms with Gasteiger partial charge in [-0.05, 0) is 42.2 Å². The Balaban J connectivity index is 1.71. The van der Waals surface area contributed by atoms with E-state index >= 15 is 0 Å². The van der Waals surface area contributed by atoms with Crippen molar-refractivity contribution in [3.8, 4) is 5.75 Å². The van der Waals surface area contributed by atoms with Crippen LogP contribution in [-0.4, -0.2) is 18.1 Å². The molecule has 2 aromatic rings. The molecular formula is C18H22N2O. The van der Waals surface area contributed by atoms with Crippen LogP contribution in [0.3, 0.4) is 0 Å². The summed E-state index contributed by atoms with van der Waals surface area (Å²) in [5, 5.41) is 0. The molecule has 2 aromatic carbocycles. The minimum absolute atomic E-state index is 0.701. The van der Waals surface area contributed by atoms with Gasteiger partial charge in [-0.2, -0.15) is 0 Å². The van der Waals surface area contributed by atoms with E-state index in [4.69, 9.17) is 10.5 Å². The van der Waals surface area contributed by atoms with Crippen LogP contribution in [0.5, 0.6) is 5.75 Å². The quantitative estimate of drug-likeness (QED) is 0.825. The van der Waals surface area contributed by atoms with Crippen molar-refractivity contribution in [3.05, 3.63) is 59.7 Å². The van der Waals surface area contributed by atoms with E-state index in [9.17, 15) is 0 Å². The van der Waals surface area contributed by atoms with Crippen LogP contribution in [0, 0.1) is 0 Å². The molecule has 1 saturated carbocycles. The zero-order valence-corrected chi connectivity index (χ0v) is 12.5. The maximum Gasteiger partial charge on any atom is 0.118 e. The number of ether oxygens (including phenoxy) is 1. The number of para-hydroxylation sites is 1. The van der Waals surface area contributed by atoms with Gasteiger partial charge in [-0.25, -0.2) is 0 Å². The molecule has 0 bridgehead atoms. The molecule has 3 rings (SSSR count). The van der Waals surface area contributed by atoms with E-state index in [0.717, 1.165) is 24.5 Å². The van der Waals surface area contributed by atoms with Gasteiger partial charge in [0.2, 0.25) is 0 Å². The molecule has 0 aromatic heterocycles. The SMILES string of the molecule is COc1ccc(CN(Cc2ccccc2N)C2CC2)cc1. The fraction of sp³-hybridized carbons (Fsp3) is 0.333. The molecule has 0 saturated heterocycles. The molecule has 1 aliphatic carbocycles. The van der Waals surface area contributed by atoms with Crippen molar-refractivity contribution in [3.63, 3.8) is 0 Å². The van der Waals surface area contributed by atoms with Gasteiger partial charge in [-0.1, -0.05) is 30.3 Å². The highest BCUT2D eigenvalue weighted by atomic mass is 16.5. The Labute approximate surface area is 126 Å². The first-order valence-electron chi connectivity index (χ1n) is 7.46. The topological polar surface area (TPSA) is 38.5 Å². The zero-order chi connectivity index (χ0) is 14.7. The smallest absolute Gasteiger partial charge is 0.118 e. The van der Waals surface area contributed by atoms with Crippen LogP contribution in [0.2, 0.25) is 0 Å². The molecule has 3 heteroatoms. The molecule has 3 nitrogen and oxygen atoms in total. The third-order valence-corrected chi connectivity index (χ3v) is 4.04. The first kappa shape index (κ1) is 14.0. The monoisotopic (exact) mass is 282 g/mol. The second-order valence-electron chi connectivity index (χ2n) is 5.68. The lowest BCUT2D eigenvalue weighted by Crippen LogP contribution is -2.25. The largest absolute Gasteiger partial charge is 0.497 e. The summed E-state index contributed by atoms with van der Waals surface area (Å²) in [4.78, 5) is 2.52. The summed E-state index contributed by atoms with van der Waals surface area (Å²) in [5.74, 6) is 0.907. The van der Waals surface area contributed by atoms with E-state index in [2.05, 4.69) is 29.2 Å². The highest BCUT2D eigenvalue weighted by Gasteiger charge is 2.29. The predicted molar refractivity (Wildman–Crippen MR) is 86.1 cm³/mol. The number of hydrogen-bond donors (Lipinski definition) is 1. The molecule has 0 radical (unpaired) electrons. The van der Waals surface area contributed by atoms with Crippen LogP contribution in [-0.2, 0) is 13.1 Å². The lowest BCUT2D eigenvalue weighted by molar-refractivity contribution is 0.246. The van der Waals surface area contributed by atoms with Crippen molar-refractivity contribution < 1.29 is 4.74 Å². The third kappa shape index (κ3) is 3.56. The molecule has 1 aliphatic rings. The molecule has 0 atom stereocenters. The summed E-state index contributed by atoms with van der Waals surface area (Å²) in [7, 11) is 1.70. The van der Waals surface area contributed by atoms with Gasteiger partial charge in [0, 0.05) is 24.8 Å². The Hall–Kier alpha value is -2.00. The molecule has 21 heavy (non-hydrogen) atoms. The van der Waals surface area contributed by atoms with E-state index in [1.54, 1.807) is 7.11 Å². The number of benzene rings is 2. The highest BCUT2D eigenvalue weighted by Crippen LogP contribution is 2.31. The molecule has 2 N–H and O–H groups in total. The lowest BCUT2D eigenvalue weighted by Gasteiger charge is -2.23. The van der Waals surface area contributed by atoms with E-state index in [-0.39, 0.29) is 0 Å². The highest BCUT2D eigenvalue weighted by molar-refractivity contribution is 5.46. The summed E-state index contributed by atoms with van der Waals surface area (Å²) in [6.45, 7) is 1.88.